The molecule has 0 aliphatic heterocycles. The van der Waals surface area contributed by atoms with Gasteiger partial charge in [-0.05, 0) is 64.3 Å². The zero-order valence-electron chi connectivity index (χ0n) is 18.7. The Kier molecular flexibility index (Phi) is 8.39. The van der Waals surface area contributed by atoms with E-state index in [0.29, 0.717) is 28.3 Å². The Bertz CT molecular complexity index is 1120. The molecule has 0 aliphatic carbocycles. The molecule has 0 amide bonds. The lowest BCUT2D eigenvalue weighted by Gasteiger charge is -2.22. The van der Waals surface area contributed by atoms with Crippen LogP contribution in [-0.2, 0) is 16.1 Å². The van der Waals surface area contributed by atoms with Crippen molar-refractivity contribution in [1.29, 1.82) is 0 Å². The topological polar surface area (TPSA) is 76.5 Å². The fourth-order valence-electron chi connectivity index (χ4n) is 3.50. The highest BCUT2D eigenvalue weighted by molar-refractivity contribution is 6.31. The van der Waals surface area contributed by atoms with Gasteiger partial charge in [0.05, 0.1) is 24.1 Å². The first-order valence-corrected chi connectivity index (χ1v) is 11.1. The molecule has 1 atom stereocenters. The summed E-state index contributed by atoms with van der Waals surface area (Å²) in [6, 6.07) is 13.7. The van der Waals surface area contributed by atoms with Gasteiger partial charge >= 0.3 is 5.97 Å². The Morgan fingerprint density at radius 1 is 1.22 bits per heavy atom. The van der Waals surface area contributed by atoms with Gasteiger partial charge in [0, 0.05) is 5.02 Å². The predicted octanol–water partition coefficient (Wildman–Crippen LogP) is 3.24. The maximum atomic E-state index is 13.5. The Hall–Kier alpha value is -2.74. The number of ether oxygens (including phenoxy) is 1. The molecule has 2 aromatic carbocycles. The van der Waals surface area contributed by atoms with E-state index < -0.39 is 12.0 Å². The fraction of sp³-hybridized carbons (Fsp3) is 0.375. The van der Waals surface area contributed by atoms with Gasteiger partial charge in [0.25, 0.3) is 5.56 Å². The summed E-state index contributed by atoms with van der Waals surface area (Å²) >= 11 is 6.16. The van der Waals surface area contributed by atoms with Gasteiger partial charge in [0.15, 0.2) is 6.04 Å². The molecule has 0 spiro atoms. The highest BCUT2D eigenvalue weighted by atomic mass is 35.5. The summed E-state index contributed by atoms with van der Waals surface area (Å²) in [5, 5.41) is 4.18. The van der Waals surface area contributed by atoms with Crippen LogP contribution in [0.15, 0.2) is 53.3 Å². The largest absolute Gasteiger partial charge is 0.464 e. The van der Waals surface area contributed by atoms with Crippen LogP contribution in [0, 0.1) is 0 Å². The summed E-state index contributed by atoms with van der Waals surface area (Å²) < 4.78 is 6.87. The third-order valence-electron chi connectivity index (χ3n) is 5.04. The molecule has 8 heteroatoms. The van der Waals surface area contributed by atoms with Crippen molar-refractivity contribution in [2.45, 2.75) is 25.9 Å². The minimum Gasteiger partial charge on any atom is -0.464 e. The van der Waals surface area contributed by atoms with E-state index in [0.717, 1.165) is 18.5 Å². The summed E-state index contributed by atoms with van der Waals surface area (Å²) in [5.41, 5.74) is 1.15. The van der Waals surface area contributed by atoms with Crippen molar-refractivity contribution < 1.29 is 9.53 Å². The van der Waals surface area contributed by atoms with Crippen LogP contribution in [0.1, 0.15) is 30.8 Å². The number of esters is 1. The Morgan fingerprint density at radius 2 is 1.97 bits per heavy atom. The minimum absolute atomic E-state index is 0.227. The molecule has 0 saturated carbocycles. The second-order valence-electron chi connectivity index (χ2n) is 7.80. The number of carbonyl (C=O) groups is 1. The fourth-order valence-corrected chi connectivity index (χ4v) is 3.66. The standard InChI is InChI=1S/C24H29ClN4O3/c1-4-32-24(31)21(26-13-8-14-28(2)3)22-27-20-15-18(25)11-12-19(20)23(30)29(22)16-17-9-6-5-7-10-17/h5-7,9-12,15,21,26H,4,8,13-14,16H2,1-3H3. The summed E-state index contributed by atoms with van der Waals surface area (Å²) in [4.78, 5) is 33.2. The Morgan fingerprint density at radius 3 is 2.66 bits per heavy atom. The number of nitrogens with one attached hydrogen (secondary N) is 1. The lowest BCUT2D eigenvalue weighted by Crippen LogP contribution is -2.38. The smallest absolute Gasteiger partial charge is 0.331 e. The second kappa shape index (κ2) is 11.2. The van der Waals surface area contributed by atoms with Gasteiger partial charge in [-0.1, -0.05) is 41.9 Å². The van der Waals surface area contributed by atoms with Gasteiger partial charge in [0.1, 0.15) is 5.82 Å². The molecular weight excluding hydrogens is 428 g/mol. The number of carbonyl (C=O) groups excluding carboxylic acids is 1. The summed E-state index contributed by atoms with van der Waals surface area (Å²) in [6.45, 7) is 3.70. The van der Waals surface area contributed by atoms with Crippen LogP contribution >= 0.6 is 11.6 Å². The van der Waals surface area contributed by atoms with Gasteiger partial charge < -0.3 is 9.64 Å². The van der Waals surface area contributed by atoms with Crippen LogP contribution < -0.4 is 10.9 Å². The molecule has 0 fully saturated rings. The predicted molar refractivity (Wildman–Crippen MR) is 127 cm³/mol. The van der Waals surface area contributed by atoms with Gasteiger partial charge in [-0.25, -0.2) is 9.78 Å². The van der Waals surface area contributed by atoms with E-state index in [9.17, 15) is 9.59 Å². The summed E-state index contributed by atoms with van der Waals surface area (Å²) in [6.07, 6.45) is 0.825. The van der Waals surface area contributed by atoms with Crippen LogP contribution in [-0.4, -0.2) is 54.2 Å². The highest BCUT2D eigenvalue weighted by Gasteiger charge is 2.28. The monoisotopic (exact) mass is 456 g/mol. The molecule has 7 nitrogen and oxygen atoms in total. The molecule has 170 valence electrons. The van der Waals surface area contributed by atoms with E-state index in [1.807, 2.05) is 44.4 Å². The number of halogens is 1. The van der Waals surface area contributed by atoms with Crippen molar-refractivity contribution in [1.82, 2.24) is 19.8 Å². The Balaban J connectivity index is 2.10. The molecule has 1 aromatic heterocycles. The molecule has 0 bridgehead atoms. The number of rotatable bonds is 10. The van der Waals surface area contributed by atoms with Gasteiger partial charge in [-0.15, -0.1) is 0 Å². The number of fused-ring (bicyclic) bond motifs is 1. The second-order valence-corrected chi connectivity index (χ2v) is 8.24. The molecule has 3 rings (SSSR count). The maximum Gasteiger partial charge on any atom is 0.331 e. The molecule has 3 aromatic rings. The lowest BCUT2D eigenvalue weighted by molar-refractivity contribution is -0.146. The number of hydrogen-bond donors (Lipinski definition) is 1. The molecule has 0 radical (unpaired) electrons. The first-order chi connectivity index (χ1) is 15.4. The van der Waals surface area contributed by atoms with E-state index >= 15 is 0 Å². The van der Waals surface area contributed by atoms with Crippen LogP contribution in [0.5, 0.6) is 0 Å². The first-order valence-electron chi connectivity index (χ1n) is 10.7. The van der Waals surface area contributed by atoms with Crippen molar-refractivity contribution in [2.75, 3.05) is 33.8 Å². The van der Waals surface area contributed by atoms with Crippen molar-refractivity contribution in [2.24, 2.45) is 0 Å². The van der Waals surface area contributed by atoms with E-state index in [1.54, 1.807) is 29.7 Å². The lowest BCUT2D eigenvalue weighted by atomic mass is 10.1. The molecule has 1 heterocycles. The van der Waals surface area contributed by atoms with E-state index in [-0.39, 0.29) is 18.7 Å². The zero-order valence-corrected chi connectivity index (χ0v) is 19.4. The van der Waals surface area contributed by atoms with Gasteiger partial charge in [-0.2, -0.15) is 0 Å². The van der Waals surface area contributed by atoms with Crippen LogP contribution in [0.3, 0.4) is 0 Å². The van der Waals surface area contributed by atoms with Crippen molar-refractivity contribution in [3.05, 3.63) is 75.3 Å². The normalized spacial score (nSPS) is 12.3. The number of hydrogen-bond acceptors (Lipinski definition) is 6. The molecule has 1 N–H and O–H groups in total. The van der Waals surface area contributed by atoms with E-state index in [2.05, 4.69) is 10.2 Å². The minimum atomic E-state index is -0.878. The molecule has 0 saturated heterocycles. The zero-order chi connectivity index (χ0) is 23.1. The van der Waals surface area contributed by atoms with Gasteiger partial charge in [-0.3, -0.25) is 14.7 Å². The van der Waals surface area contributed by atoms with Crippen LogP contribution in [0.4, 0.5) is 0 Å². The van der Waals surface area contributed by atoms with E-state index in [1.165, 1.54) is 0 Å². The summed E-state index contributed by atoms with van der Waals surface area (Å²) in [5.74, 6) is -0.149. The quantitative estimate of drug-likeness (QED) is 0.373. The van der Waals surface area contributed by atoms with Gasteiger partial charge in [0.2, 0.25) is 0 Å². The van der Waals surface area contributed by atoms with Crippen LogP contribution in [0.25, 0.3) is 10.9 Å². The number of aromatic nitrogens is 2. The average molecular weight is 457 g/mol. The first kappa shape index (κ1) is 23.9. The molecular formula is C24H29ClN4O3. The number of nitrogens with zero attached hydrogens (tertiary/aromatic N) is 3. The average Bonchev–Trinajstić information content (AvgIpc) is 2.76. The molecule has 32 heavy (non-hydrogen) atoms. The molecule has 0 aliphatic rings. The third kappa shape index (κ3) is 5.94. The van der Waals surface area contributed by atoms with Crippen molar-refractivity contribution in [3.63, 3.8) is 0 Å². The van der Waals surface area contributed by atoms with E-state index in [4.69, 9.17) is 21.3 Å². The van der Waals surface area contributed by atoms with Crippen molar-refractivity contribution in [3.8, 4) is 0 Å². The summed E-state index contributed by atoms with van der Waals surface area (Å²) in [7, 11) is 3.99. The maximum absolute atomic E-state index is 13.5. The third-order valence-corrected chi connectivity index (χ3v) is 5.28. The molecule has 1 unspecified atom stereocenters. The number of benzene rings is 2. The SMILES string of the molecule is CCOC(=O)C(NCCCN(C)C)c1nc2cc(Cl)ccc2c(=O)n1Cc1ccccc1. The highest BCUT2D eigenvalue weighted by Crippen LogP contribution is 2.20. The van der Waals surface area contributed by atoms with Crippen molar-refractivity contribution >= 4 is 28.5 Å². The van der Waals surface area contributed by atoms with Crippen LogP contribution in [0.2, 0.25) is 5.02 Å². The Labute approximate surface area is 193 Å².